The molecule has 1 aromatic carbocycles. The van der Waals surface area contributed by atoms with E-state index in [1.54, 1.807) is 26.0 Å². The minimum atomic E-state index is -1.59. The lowest BCUT2D eigenvalue weighted by molar-refractivity contribution is -0.143. The van der Waals surface area contributed by atoms with E-state index in [2.05, 4.69) is 5.32 Å². The van der Waals surface area contributed by atoms with Gasteiger partial charge in [0.1, 0.15) is 11.3 Å². The number of benzene rings is 1. The van der Waals surface area contributed by atoms with Crippen molar-refractivity contribution >= 4 is 17.4 Å². The van der Waals surface area contributed by atoms with Gasteiger partial charge in [0.15, 0.2) is 0 Å². The zero-order valence-electron chi connectivity index (χ0n) is 19.9. The molecule has 4 rings (SSSR count). The Kier molecular flexibility index (Phi) is 6.76. The van der Waals surface area contributed by atoms with Gasteiger partial charge in [-0.3, -0.25) is 9.59 Å². The summed E-state index contributed by atoms with van der Waals surface area (Å²) in [5.41, 5.74) is -0.634. The minimum Gasteiger partial charge on any atom is -0.369 e. The van der Waals surface area contributed by atoms with E-state index in [4.69, 9.17) is 4.74 Å². The summed E-state index contributed by atoms with van der Waals surface area (Å²) in [5.74, 6) is -0.0966. The summed E-state index contributed by atoms with van der Waals surface area (Å²) in [7, 11) is 1.50. The first-order valence-corrected chi connectivity index (χ1v) is 12.0. The highest BCUT2D eigenvalue weighted by molar-refractivity contribution is 5.85. The molecule has 0 radical (unpaired) electrons. The number of rotatable bonds is 7. The van der Waals surface area contributed by atoms with Crippen LogP contribution in [0.4, 0.5) is 4.39 Å². The number of allylic oxidation sites excluding steroid dienone is 4. The molecule has 1 aliphatic heterocycles. The van der Waals surface area contributed by atoms with Gasteiger partial charge in [0.05, 0.1) is 12.1 Å². The van der Waals surface area contributed by atoms with E-state index >= 15 is 4.39 Å². The minimum absolute atomic E-state index is 0.0367. The van der Waals surface area contributed by atoms with Crippen LogP contribution < -0.4 is 5.32 Å². The second-order valence-electron chi connectivity index (χ2n) is 10.1. The molecule has 0 aromatic heterocycles. The molecule has 1 aromatic rings. The predicted octanol–water partition coefficient (Wildman–Crippen LogP) is 4.44. The zero-order valence-corrected chi connectivity index (χ0v) is 19.9. The third-order valence-corrected chi connectivity index (χ3v) is 7.53. The van der Waals surface area contributed by atoms with Crippen LogP contribution in [-0.4, -0.2) is 53.7 Å². The first-order valence-electron chi connectivity index (χ1n) is 12.0. The second kappa shape index (κ2) is 9.41. The summed E-state index contributed by atoms with van der Waals surface area (Å²) in [6, 6.07) is 9.14. The molecule has 2 aliphatic carbocycles. The van der Waals surface area contributed by atoms with Gasteiger partial charge in [0.2, 0.25) is 5.91 Å². The van der Waals surface area contributed by atoms with E-state index in [0.717, 1.165) is 30.4 Å². The summed E-state index contributed by atoms with van der Waals surface area (Å²) in [4.78, 5) is 27.9. The molecule has 3 aliphatic rings. The number of alkyl halides is 1. The number of hydrogen-bond acceptors (Lipinski definition) is 3. The number of carbonyl (C=O) groups excluding carboxylic acids is 2. The molecule has 3 atom stereocenters. The van der Waals surface area contributed by atoms with Crippen molar-refractivity contribution in [2.75, 3.05) is 13.7 Å². The van der Waals surface area contributed by atoms with E-state index < -0.39 is 11.3 Å². The van der Waals surface area contributed by atoms with Crippen LogP contribution in [0.2, 0.25) is 0 Å². The lowest BCUT2D eigenvalue weighted by Crippen LogP contribution is -2.54. The first kappa shape index (κ1) is 23.7. The number of nitrogens with one attached hydrogen (secondary N) is 1. The molecule has 2 fully saturated rings. The molecule has 1 saturated heterocycles. The van der Waals surface area contributed by atoms with Crippen LogP contribution in [0.3, 0.4) is 0 Å². The number of ether oxygens (including phenoxy) is 1. The zero-order chi connectivity index (χ0) is 23.6. The van der Waals surface area contributed by atoms with Gasteiger partial charge in [-0.25, -0.2) is 4.39 Å². The van der Waals surface area contributed by atoms with Gasteiger partial charge in [0.25, 0.3) is 5.91 Å². The summed E-state index contributed by atoms with van der Waals surface area (Å²) in [5, 5.41) is 3.07. The molecule has 1 N–H and O–H groups in total. The smallest absolute Gasteiger partial charge is 0.251 e. The normalized spacial score (nSPS) is 27.8. The predicted molar refractivity (Wildman–Crippen MR) is 127 cm³/mol. The van der Waals surface area contributed by atoms with E-state index in [-0.39, 0.29) is 42.7 Å². The van der Waals surface area contributed by atoms with Gasteiger partial charge in [-0.2, -0.15) is 0 Å². The number of amides is 2. The largest absolute Gasteiger partial charge is 0.369 e. The molecular formula is C27H35FN2O3. The molecule has 33 heavy (non-hydrogen) atoms. The molecule has 0 spiro atoms. The Morgan fingerprint density at radius 1 is 1.21 bits per heavy atom. The van der Waals surface area contributed by atoms with Crippen LogP contribution in [0.25, 0.3) is 5.57 Å². The van der Waals surface area contributed by atoms with E-state index in [1.165, 1.54) is 7.11 Å². The van der Waals surface area contributed by atoms with Gasteiger partial charge >= 0.3 is 0 Å². The fourth-order valence-corrected chi connectivity index (χ4v) is 4.98. The SMILES string of the molecule is COC(C)(C)C(=O)N[C@H]1CCN(C(=O)C2CCC2)[C@H]1CC1(F)C=CC=C(c2ccccc2)C1. The van der Waals surface area contributed by atoms with Crippen molar-refractivity contribution in [1.29, 1.82) is 0 Å². The van der Waals surface area contributed by atoms with Crippen molar-refractivity contribution in [2.24, 2.45) is 5.92 Å². The topological polar surface area (TPSA) is 58.6 Å². The second-order valence-corrected chi connectivity index (χ2v) is 10.1. The molecule has 178 valence electrons. The van der Waals surface area contributed by atoms with Crippen LogP contribution in [-0.2, 0) is 14.3 Å². The van der Waals surface area contributed by atoms with E-state index in [0.29, 0.717) is 13.0 Å². The summed E-state index contributed by atoms with van der Waals surface area (Å²) >= 11 is 0. The number of hydrogen-bond donors (Lipinski definition) is 1. The number of carbonyl (C=O) groups is 2. The quantitative estimate of drug-likeness (QED) is 0.663. The van der Waals surface area contributed by atoms with Crippen molar-refractivity contribution in [3.63, 3.8) is 0 Å². The van der Waals surface area contributed by atoms with Gasteiger partial charge in [-0.15, -0.1) is 0 Å². The molecule has 5 nitrogen and oxygen atoms in total. The van der Waals surface area contributed by atoms with Crippen molar-refractivity contribution in [3.05, 3.63) is 54.1 Å². The average Bonchev–Trinajstić information content (AvgIpc) is 3.14. The third-order valence-electron chi connectivity index (χ3n) is 7.53. The number of nitrogens with zero attached hydrogens (tertiary/aromatic N) is 1. The van der Waals surface area contributed by atoms with E-state index in [1.807, 2.05) is 41.3 Å². The molecular weight excluding hydrogens is 419 g/mol. The highest BCUT2D eigenvalue weighted by atomic mass is 19.1. The first-order chi connectivity index (χ1) is 15.7. The van der Waals surface area contributed by atoms with Gasteiger partial charge < -0.3 is 15.0 Å². The van der Waals surface area contributed by atoms with Crippen LogP contribution >= 0.6 is 0 Å². The maximum absolute atomic E-state index is 16.3. The standard InChI is InChI=1S/C27H35FN2O3/c1-26(2,33-3)25(32)29-22-14-16-30(24(31)20-11-7-12-20)23(22)18-27(28)15-8-13-21(17-27)19-9-5-4-6-10-19/h4-6,8-10,13,15,20,22-23H,7,11-12,14,16-18H2,1-3H3,(H,29,32)/t22-,23-,27?/m0/s1. The molecule has 0 bridgehead atoms. The molecule has 1 unspecified atom stereocenters. The van der Waals surface area contributed by atoms with Crippen LogP contribution in [0.15, 0.2) is 48.6 Å². The molecule has 1 heterocycles. The van der Waals surface area contributed by atoms with E-state index in [9.17, 15) is 9.59 Å². The lowest BCUT2D eigenvalue weighted by atomic mass is 9.81. The van der Waals surface area contributed by atoms with Crippen molar-refractivity contribution in [3.8, 4) is 0 Å². The van der Waals surface area contributed by atoms with Gasteiger partial charge in [0, 0.05) is 32.4 Å². The molecule has 2 amide bonds. The number of halogens is 1. The van der Waals surface area contributed by atoms with Crippen molar-refractivity contribution in [2.45, 2.75) is 75.7 Å². The Morgan fingerprint density at radius 2 is 1.94 bits per heavy atom. The Hall–Kier alpha value is -2.47. The summed E-state index contributed by atoms with van der Waals surface area (Å²) < 4.78 is 21.6. The lowest BCUT2D eigenvalue weighted by Gasteiger charge is -2.38. The number of methoxy groups -OCH3 is 1. The molecule has 1 saturated carbocycles. The maximum atomic E-state index is 16.3. The summed E-state index contributed by atoms with van der Waals surface area (Å²) in [6.45, 7) is 3.96. The Morgan fingerprint density at radius 3 is 2.58 bits per heavy atom. The van der Waals surface area contributed by atoms with Gasteiger partial charge in [-0.1, -0.05) is 48.9 Å². The molecule has 6 heteroatoms. The van der Waals surface area contributed by atoms with Crippen LogP contribution in [0.5, 0.6) is 0 Å². The fraction of sp³-hybridized carbons (Fsp3) is 0.556. The average molecular weight is 455 g/mol. The van der Waals surface area contributed by atoms with Gasteiger partial charge in [-0.05, 0) is 50.3 Å². The fourth-order valence-electron chi connectivity index (χ4n) is 4.98. The Balaban J connectivity index is 1.54. The highest BCUT2D eigenvalue weighted by Crippen LogP contribution is 2.40. The summed E-state index contributed by atoms with van der Waals surface area (Å²) in [6.07, 6.45) is 9.24. The third kappa shape index (κ3) is 5.06. The van der Waals surface area contributed by atoms with Crippen molar-refractivity contribution in [1.82, 2.24) is 10.2 Å². The van der Waals surface area contributed by atoms with Crippen LogP contribution in [0.1, 0.15) is 57.9 Å². The van der Waals surface area contributed by atoms with Crippen LogP contribution in [0, 0.1) is 5.92 Å². The Labute approximate surface area is 196 Å². The highest BCUT2D eigenvalue weighted by Gasteiger charge is 2.46. The Bertz CT molecular complexity index is 938. The number of likely N-dealkylation sites (tertiary alicyclic amines) is 1. The van der Waals surface area contributed by atoms with Crippen molar-refractivity contribution < 1.29 is 18.7 Å². The monoisotopic (exact) mass is 454 g/mol. The maximum Gasteiger partial charge on any atom is 0.251 e.